The Morgan fingerprint density at radius 1 is 1.00 bits per heavy atom. The fourth-order valence-electron chi connectivity index (χ4n) is 1.61. The average molecular weight is 294 g/mol. The lowest BCUT2D eigenvalue weighted by Crippen LogP contribution is -2.09. The van der Waals surface area contributed by atoms with Crippen molar-refractivity contribution in [1.29, 1.82) is 0 Å². The zero-order valence-electron chi connectivity index (χ0n) is 11.0. The van der Waals surface area contributed by atoms with Crippen LogP contribution in [0.2, 0.25) is 0 Å². The smallest absolute Gasteiger partial charge is 0.339 e. The molecule has 0 amide bonds. The Morgan fingerprint density at radius 2 is 1.60 bits per heavy atom. The number of benzene rings is 2. The minimum atomic E-state index is -3.99. The lowest BCUT2D eigenvalue weighted by Gasteiger charge is -2.10. The highest BCUT2D eigenvalue weighted by Gasteiger charge is 2.19. The molecule has 0 atom stereocenters. The summed E-state index contributed by atoms with van der Waals surface area (Å²) >= 11 is 0. The maximum absolute atomic E-state index is 12.1. The number of para-hydroxylation sites is 1. The van der Waals surface area contributed by atoms with Crippen molar-refractivity contribution < 1.29 is 22.4 Å². The van der Waals surface area contributed by atoms with Gasteiger partial charge in [0.05, 0.1) is 7.11 Å². The fraction of sp³-hybridized carbons (Fsp3) is 0.143. The lowest BCUT2D eigenvalue weighted by molar-refractivity contribution is 0.361. The molecule has 2 rings (SSSR count). The molecule has 0 aromatic heterocycles. The lowest BCUT2D eigenvalue weighted by atomic mass is 10.2. The molecule has 0 bridgehead atoms. The van der Waals surface area contributed by atoms with Gasteiger partial charge in [-0.05, 0) is 31.2 Å². The first-order chi connectivity index (χ1) is 9.44. The molecule has 0 aliphatic carbocycles. The molecular formula is C14H14O5S. The van der Waals surface area contributed by atoms with Crippen LogP contribution < -0.4 is 8.92 Å². The number of ether oxygens (including phenoxy) is 1. The molecule has 1 N–H and O–H groups in total. The van der Waals surface area contributed by atoms with E-state index in [4.69, 9.17) is 8.92 Å². The van der Waals surface area contributed by atoms with Gasteiger partial charge in [0.25, 0.3) is 0 Å². The summed E-state index contributed by atoms with van der Waals surface area (Å²) in [7, 11) is -2.62. The molecule has 20 heavy (non-hydrogen) atoms. The van der Waals surface area contributed by atoms with Crippen LogP contribution in [0, 0.1) is 6.92 Å². The highest BCUT2D eigenvalue weighted by molar-refractivity contribution is 7.87. The van der Waals surface area contributed by atoms with E-state index in [0.29, 0.717) is 0 Å². The third-order valence-corrected chi connectivity index (χ3v) is 3.94. The summed E-state index contributed by atoms with van der Waals surface area (Å²) in [5, 5.41) is 9.83. The van der Waals surface area contributed by atoms with Gasteiger partial charge in [-0.1, -0.05) is 23.8 Å². The summed E-state index contributed by atoms with van der Waals surface area (Å²) in [5.41, 5.74) is 0.938. The molecular weight excluding hydrogens is 280 g/mol. The zero-order valence-corrected chi connectivity index (χ0v) is 11.8. The van der Waals surface area contributed by atoms with Crippen molar-refractivity contribution in [1.82, 2.24) is 0 Å². The van der Waals surface area contributed by atoms with Gasteiger partial charge in [-0.15, -0.1) is 0 Å². The Kier molecular flexibility index (Phi) is 3.85. The Bertz CT molecular complexity index is 705. The van der Waals surface area contributed by atoms with Crippen LogP contribution in [0.3, 0.4) is 0 Å². The summed E-state index contributed by atoms with van der Waals surface area (Å²) in [6, 6.07) is 10.6. The quantitative estimate of drug-likeness (QED) is 0.877. The number of methoxy groups -OCH3 is 1. The van der Waals surface area contributed by atoms with Crippen LogP contribution >= 0.6 is 0 Å². The molecule has 0 saturated carbocycles. The number of aryl methyl sites for hydroxylation is 1. The SMILES string of the molecule is COc1cccc(OS(=O)(=O)c2ccc(C)cc2)c1O. The Labute approximate surface area is 117 Å². The highest BCUT2D eigenvalue weighted by atomic mass is 32.2. The minimum absolute atomic E-state index is 0.0188. The normalized spacial score (nSPS) is 11.1. The first-order valence-electron chi connectivity index (χ1n) is 5.81. The second-order valence-electron chi connectivity index (χ2n) is 4.16. The number of phenols is 1. The van der Waals surface area contributed by atoms with E-state index in [9.17, 15) is 13.5 Å². The summed E-state index contributed by atoms with van der Waals surface area (Å²) in [6.07, 6.45) is 0. The molecule has 2 aromatic rings. The number of hydrogen-bond donors (Lipinski definition) is 1. The topological polar surface area (TPSA) is 72.8 Å². The van der Waals surface area contributed by atoms with E-state index in [1.807, 2.05) is 6.92 Å². The largest absolute Gasteiger partial charge is 0.502 e. The number of rotatable bonds is 4. The van der Waals surface area contributed by atoms with Gasteiger partial charge in [0, 0.05) is 0 Å². The fourth-order valence-corrected chi connectivity index (χ4v) is 2.54. The predicted molar refractivity (Wildman–Crippen MR) is 73.7 cm³/mol. The molecule has 6 heteroatoms. The molecule has 0 aliphatic heterocycles. The Hall–Kier alpha value is -2.21. The van der Waals surface area contributed by atoms with E-state index in [1.165, 1.54) is 37.4 Å². The number of phenolic OH excluding ortho intramolecular Hbond substituents is 1. The first kappa shape index (κ1) is 14.2. The van der Waals surface area contributed by atoms with Crippen molar-refractivity contribution in [3.8, 4) is 17.2 Å². The van der Waals surface area contributed by atoms with E-state index in [0.717, 1.165) is 5.56 Å². The van der Waals surface area contributed by atoms with Crippen LogP contribution in [0.25, 0.3) is 0 Å². The van der Waals surface area contributed by atoms with Crippen LogP contribution in [0.15, 0.2) is 47.4 Å². The van der Waals surface area contributed by atoms with E-state index < -0.39 is 10.1 Å². The molecule has 0 unspecified atom stereocenters. The van der Waals surface area contributed by atoms with Crippen molar-refractivity contribution in [2.24, 2.45) is 0 Å². The molecule has 0 saturated heterocycles. The van der Waals surface area contributed by atoms with E-state index in [2.05, 4.69) is 0 Å². The molecule has 5 nitrogen and oxygen atoms in total. The van der Waals surface area contributed by atoms with Crippen LogP contribution in [-0.2, 0) is 10.1 Å². The standard InChI is InChI=1S/C14H14O5S/c1-10-6-8-11(9-7-10)20(16,17)19-13-5-3-4-12(18-2)14(13)15/h3-9,15H,1-2H3. The van der Waals surface area contributed by atoms with Crippen LogP contribution in [0.1, 0.15) is 5.56 Å². The summed E-state index contributed by atoms with van der Waals surface area (Å²) in [5.74, 6) is -0.391. The Morgan fingerprint density at radius 3 is 2.20 bits per heavy atom. The average Bonchev–Trinajstić information content (AvgIpc) is 2.41. The van der Waals surface area contributed by atoms with Crippen LogP contribution in [0.4, 0.5) is 0 Å². The van der Waals surface area contributed by atoms with E-state index in [1.54, 1.807) is 12.1 Å². The molecule has 2 aromatic carbocycles. The maximum Gasteiger partial charge on any atom is 0.339 e. The summed E-state index contributed by atoms with van der Waals surface area (Å²) in [6.45, 7) is 1.85. The number of hydrogen-bond acceptors (Lipinski definition) is 5. The van der Waals surface area contributed by atoms with Gasteiger partial charge in [-0.2, -0.15) is 8.42 Å². The molecule has 0 aliphatic rings. The zero-order chi connectivity index (χ0) is 14.8. The molecule has 0 spiro atoms. The molecule has 0 radical (unpaired) electrons. The van der Waals surface area contributed by atoms with Crippen LogP contribution in [-0.4, -0.2) is 20.6 Å². The van der Waals surface area contributed by atoms with Crippen LogP contribution in [0.5, 0.6) is 17.2 Å². The third-order valence-electron chi connectivity index (χ3n) is 2.69. The van der Waals surface area contributed by atoms with Gasteiger partial charge in [0.1, 0.15) is 4.90 Å². The second-order valence-corrected chi connectivity index (χ2v) is 5.70. The minimum Gasteiger partial charge on any atom is -0.502 e. The Balaban J connectivity index is 2.36. The van der Waals surface area contributed by atoms with Gasteiger partial charge >= 0.3 is 10.1 Å². The van der Waals surface area contributed by atoms with Crippen molar-refractivity contribution in [3.63, 3.8) is 0 Å². The van der Waals surface area contributed by atoms with Crippen molar-refractivity contribution in [2.75, 3.05) is 7.11 Å². The van der Waals surface area contributed by atoms with E-state index >= 15 is 0 Å². The monoisotopic (exact) mass is 294 g/mol. The van der Waals surface area contributed by atoms with Crippen molar-refractivity contribution >= 4 is 10.1 Å². The highest BCUT2D eigenvalue weighted by Crippen LogP contribution is 2.36. The number of aromatic hydroxyl groups is 1. The predicted octanol–water partition coefficient (Wildman–Crippen LogP) is 2.48. The van der Waals surface area contributed by atoms with Gasteiger partial charge < -0.3 is 14.0 Å². The van der Waals surface area contributed by atoms with Gasteiger partial charge in [0.15, 0.2) is 11.5 Å². The maximum atomic E-state index is 12.1. The van der Waals surface area contributed by atoms with Crippen molar-refractivity contribution in [2.45, 2.75) is 11.8 Å². The van der Waals surface area contributed by atoms with E-state index in [-0.39, 0.29) is 22.1 Å². The summed E-state index contributed by atoms with van der Waals surface area (Å²) < 4.78 is 34.0. The van der Waals surface area contributed by atoms with Gasteiger partial charge in [0.2, 0.25) is 5.75 Å². The molecule has 106 valence electrons. The third kappa shape index (κ3) is 2.85. The molecule has 0 fully saturated rings. The van der Waals surface area contributed by atoms with Gasteiger partial charge in [-0.3, -0.25) is 0 Å². The molecule has 0 heterocycles. The van der Waals surface area contributed by atoms with Crippen molar-refractivity contribution in [3.05, 3.63) is 48.0 Å². The van der Waals surface area contributed by atoms with Gasteiger partial charge in [-0.25, -0.2) is 0 Å². The summed E-state index contributed by atoms with van der Waals surface area (Å²) in [4.78, 5) is 0.0188. The second kappa shape index (κ2) is 5.42. The first-order valence-corrected chi connectivity index (χ1v) is 7.22.